The molecule has 2 rings (SSSR count). The molecule has 19 heavy (non-hydrogen) atoms. The average Bonchev–Trinajstić information content (AvgIpc) is 2.86. The third-order valence-corrected chi connectivity index (χ3v) is 3.99. The van der Waals surface area contributed by atoms with Crippen molar-refractivity contribution in [1.29, 1.82) is 0 Å². The Morgan fingerprint density at radius 1 is 1.47 bits per heavy atom. The largest absolute Gasteiger partial charge is 0.338 e. The number of nitrogens with two attached hydrogens (primary N) is 1. The molecule has 110 valence electrons. The fourth-order valence-electron chi connectivity index (χ4n) is 2.75. The molecule has 1 fully saturated rings. The van der Waals surface area contributed by atoms with E-state index in [1.54, 1.807) is 0 Å². The third-order valence-electron chi connectivity index (χ3n) is 3.99. The first kappa shape index (κ1) is 16.4. The lowest BCUT2D eigenvalue weighted by Crippen LogP contribution is -2.42. The zero-order valence-corrected chi connectivity index (χ0v) is 12.7. The monoisotopic (exact) mass is 288 g/mol. The molecule has 5 nitrogen and oxygen atoms in total. The summed E-state index contributed by atoms with van der Waals surface area (Å²) >= 11 is 0. The van der Waals surface area contributed by atoms with Crippen LogP contribution in [0.1, 0.15) is 51.2 Å². The number of halogens is 1. The number of hydrogen-bond acceptors (Lipinski definition) is 5. The summed E-state index contributed by atoms with van der Waals surface area (Å²) in [6.07, 6.45) is 5.12. The van der Waals surface area contributed by atoms with E-state index in [2.05, 4.69) is 28.9 Å². The van der Waals surface area contributed by atoms with E-state index in [9.17, 15) is 0 Å². The normalized spacial score (nSPS) is 21.9. The van der Waals surface area contributed by atoms with Gasteiger partial charge in [-0.3, -0.25) is 4.90 Å². The maximum Gasteiger partial charge on any atom is 0.240 e. The van der Waals surface area contributed by atoms with Crippen LogP contribution in [0.15, 0.2) is 4.52 Å². The summed E-state index contributed by atoms with van der Waals surface area (Å²) in [5.41, 5.74) is 5.48. The van der Waals surface area contributed by atoms with Crippen molar-refractivity contribution in [3.05, 3.63) is 11.7 Å². The topological polar surface area (TPSA) is 68.2 Å². The molecular weight excluding hydrogens is 264 g/mol. The summed E-state index contributed by atoms with van der Waals surface area (Å²) < 4.78 is 5.06. The predicted molar refractivity (Wildman–Crippen MR) is 76.9 cm³/mol. The summed E-state index contributed by atoms with van der Waals surface area (Å²) in [7, 11) is 0. The van der Waals surface area contributed by atoms with Gasteiger partial charge in [0.05, 0.1) is 13.1 Å². The molecule has 2 N–H and O–H groups in total. The highest BCUT2D eigenvalue weighted by molar-refractivity contribution is 5.85. The van der Waals surface area contributed by atoms with Crippen LogP contribution in [0.3, 0.4) is 0 Å². The Morgan fingerprint density at radius 3 is 2.89 bits per heavy atom. The number of hydrogen-bond donors (Lipinski definition) is 1. The van der Waals surface area contributed by atoms with E-state index in [1.165, 1.54) is 25.7 Å². The second-order valence-corrected chi connectivity index (χ2v) is 5.23. The molecule has 2 unspecified atom stereocenters. The first-order valence-electron chi connectivity index (χ1n) is 7.00. The molecule has 1 saturated heterocycles. The quantitative estimate of drug-likeness (QED) is 0.901. The Morgan fingerprint density at radius 2 is 2.26 bits per heavy atom. The lowest BCUT2D eigenvalue weighted by Gasteiger charge is -2.38. The van der Waals surface area contributed by atoms with Crippen LogP contribution in [0, 0.1) is 5.92 Å². The molecule has 1 aromatic heterocycles. The molecule has 0 aliphatic carbocycles. The van der Waals surface area contributed by atoms with Gasteiger partial charge in [0.25, 0.3) is 0 Å². The molecule has 0 aromatic carbocycles. The van der Waals surface area contributed by atoms with Gasteiger partial charge in [0.1, 0.15) is 0 Å². The van der Waals surface area contributed by atoms with Gasteiger partial charge in [-0.2, -0.15) is 4.98 Å². The van der Waals surface area contributed by atoms with Gasteiger partial charge in [0, 0.05) is 6.04 Å². The van der Waals surface area contributed by atoms with Crippen LogP contribution in [-0.4, -0.2) is 27.6 Å². The molecule has 1 aliphatic heterocycles. The summed E-state index contributed by atoms with van der Waals surface area (Å²) in [4.78, 5) is 6.80. The van der Waals surface area contributed by atoms with E-state index in [0.29, 0.717) is 18.5 Å². The van der Waals surface area contributed by atoms with Crippen LogP contribution in [-0.2, 0) is 13.1 Å². The van der Waals surface area contributed by atoms with Crippen molar-refractivity contribution in [2.75, 3.05) is 6.54 Å². The van der Waals surface area contributed by atoms with Crippen LogP contribution in [0.25, 0.3) is 0 Å². The second kappa shape index (κ2) is 7.82. The van der Waals surface area contributed by atoms with Gasteiger partial charge in [-0.1, -0.05) is 31.8 Å². The van der Waals surface area contributed by atoms with E-state index in [0.717, 1.165) is 24.8 Å². The standard InChI is InChI=1S/C13H24N4O.ClH/c1-3-10(2)11-6-4-5-7-17(11)9-12-15-13(8-14)18-16-12;/h10-11H,3-9,14H2,1-2H3;1H. The summed E-state index contributed by atoms with van der Waals surface area (Å²) in [5, 5.41) is 3.99. The number of likely N-dealkylation sites (tertiary alicyclic amines) is 1. The fraction of sp³-hybridized carbons (Fsp3) is 0.846. The van der Waals surface area contributed by atoms with Crippen molar-refractivity contribution in [1.82, 2.24) is 15.0 Å². The molecule has 1 aliphatic rings. The van der Waals surface area contributed by atoms with Crippen molar-refractivity contribution in [3.63, 3.8) is 0 Å². The van der Waals surface area contributed by atoms with Gasteiger partial charge in [-0.25, -0.2) is 0 Å². The molecule has 0 radical (unpaired) electrons. The fourth-order valence-corrected chi connectivity index (χ4v) is 2.75. The van der Waals surface area contributed by atoms with Crippen molar-refractivity contribution >= 4 is 12.4 Å². The smallest absolute Gasteiger partial charge is 0.240 e. The molecule has 6 heteroatoms. The molecule has 0 spiro atoms. The van der Waals surface area contributed by atoms with Crippen LogP contribution in [0.5, 0.6) is 0 Å². The number of piperidine rings is 1. The Bertz CT molecular complexity index is 371. The minimum absolute atomic E-state index is 0. The highest BCUT2D eigenvalue weighted by Gasteiger charge is 2.27. The summed E-state index contributed by atoms with van der Waals surface area (Å²) in [6, 6.07) is 0.656. The molecule has 0 saturated carbocycles. The minimum Gasteiger partial charge on any atom is -0.338 e. The van der Waals surface area contributed by atoms with Crippen molar-refractivity contribution in [2.45, 2.75) is 58.7 Å². The third kappa shape index (κ3) is 4.16. The average molecular weight is 289 g/mol. The van der Waals surface area contributed by atoms with Crippen LogP contribution in [0.2, 0.25) is 0 Å². The van der Waals surface area contributed by atoms with E-state index in [-0.39, 0.29) is 12.4 Å². The number of aromatic nitrogens is 2. The van der Waals surface area contributed by atoms with Crippen molar-refractivity contribution in [2.24, 2.45) is 11.7 Å². The van der Waals surface area contributed by atoms with E-state index < -0.39 is 0 Å². The maximum atomic E-state index is 5.48. The first-order chi connectivity index (χ1) is 8.74. The van der Waals surface area contributed by atoms with Crippen molar-refractivity contribution in [3.8, 4) is 0 Å². The SMILES string of the molecule is CCC(C)C1CCCCN1Cc1noc(CN)n1.Cl. The van der Waals surface area contributed by atoms with Crippen LogP contribution < -0.4 is 5.73 Å². The van der Waals surface area contributed by atoms with E-state index in [1.807, 2.05) is 0 Å². The number of nitrogens with zero attached hydrogens (tertiary/aromatic N) is 3. The highest BCUT2D eigenvalue weighted by atomic mass is 35.5. The van der Waals surface area contributed by atoms with Crippen molar-refractivity contribution < 1.29 is 4.52 Å². The zero-order chi connectivity index (χ0) is 13.0. The summed E-state index contributed by atoms with van der Waals surface area (Å²) in [6.45, 7) is 6.85. The maximum absolute atomic E-state index is 5.48. The Balaban J connectivity index is 0.00000180. The zero-order valence-electron chi connectivity index (χ0n) is 11.8. The Hall–Kier alpha value is -0.650. The highest BCUT2D eigenvalue weighted by Crippen LogP contribution is 2.26. The first-order valence-corrected chi connectivity index (χ1v) is 7.00. The van der Waals surface area contributed by atoms with Crippen LogP contribution in [0.4, 0.5) is 0 Å². The molecule has 0 amide bonds. The van der Waals surface area contributed by atoms with Gasteiger partial charge >= 0.3 is 0 Å². The molecule has 1 aromatic rings. The molecule has 2 heterocycles. The number of rotatable bonds is 5. The van der Waals surface area contributed by atoms with Crippen LogP contribution >= 0.6 is 12.4 Å². The van der Waals surface area contributed by atoms with Gasteiger partial charge in [-0.15, -0.1) is 12.4 Å². The van der Waals surface area contributed by atoms with E-state index in [4.69, 9.17) is 10.3 Å². The van der Waals surface area contributed by atoms with Gasteiger partial charge < -0.3 is 10.3 Å². The second-order valence-electron chi connectivity index (χ2n) is 5.23. The Labute approximate surface area is 121 Å². The summed E-state index contributed by atoms with van der Waals surface area (Å²) in [5.74, 6) is 2.03. The minimum atomic E-state index is 0. The lowest BCUT2D eigenvalue weighted by atomic mass is 9.90. The molecular formula is C13H25ClN4O. The predicted octanol–water partition coefficient (Wildman–Crippen LogP) is 2.35. The van der Waals surface area contributed by atoms with E-state index >= 15 is 0 Å². The van der Waals surface area contributed by atoms with Gasteiger partial charge in [-0.05, 0) is 25.3 Å². The molecule has 2 atom stereocenters. The van der Waals surface area contributed by atoms with Gasteiger partial charge in [0.15, 0.2) is 5.82 Å². The van der Waals surface area contributed by atoms with Gasteiger partial charge in [0.2, 0.25) is 5.89 Å². The molecule has 0 bridgehead atoms. The lowest BCUT2D eigenvalue weighted by molar-refractivity contribution is 0.0929. The Kier molecular flexibility index (Phi) is 6.75.